The number of carbonyl (C=O) groups is 2. The van der Waals surface area contributed by atoms with Crippen LogP contribution in [0, 0.1) is 0 Å². The van der Waals surface area contributed by atoms with E-state index in [0.717, 1.165) is 64.2 Å². The molecule has 0 amide bonds. The maximum absolute atomic E-state index is 10.5. The third-order valence-electron chi connectivity index (χ3n) is 6.17. The molecule has 0 unspecified atom stereocenters. The van der Waals surface area contributed by atoms with Gasteiger partial charge in [0.1, 0.15) is 24.4 Å². The molecule has 10 nitrogen and oxygen atoms in total. The molecule has 2 aliphatic heterocycles. The zero-order valence-electron chi connectivity index (χ0n) is 17.7. The molecule has 172 valence electrons. The summed E-state index contributed by atoms with van der Waals surface area (Å²) in [6.07, 6.45) is 4.77. The van der Waals surface area contributed by atoms with E-state index in [0.29, 0.717) is 0 Å². The third kappa shape index (κ3) is 6.97. The minimum Gasteiger partial charge on any atom is -0.547 e. The largest absolute Gasteiger partial charge is 2.00 e. The Kier molecular flexibility index (Phi) is 10.4. The van der Waals surface area contributed by atoms with Crippen LogP contribution in [0.1, 0.15) is 64.2 Å². The first-order chi connectivity index (χ1) is 14.3. The number of aliphatic hydroxyl groups is 2. The zero-order chi connectivity index (χ0) is 21.8. The second kappa shape index (κ2) is 11.9. The molecule has 11 heteroatoms. The summed E-state index contributed by atoms with van der Waals surface area (Å²) in [5, 5.41) is 39.5. The van der Waals surface area contributed by atoms with Crippen molar-refractivity contribution in [2.45, 2.75) is 100 Å². The standard InChI is InChI=1S/2C10H16O5.Ca/c2*11-8(9(12)13)7-6-14-10(15-7)4-2-1-3-5-10;/h2*7-8,11H,1-6H2,(H,12,13);/q;;+2/p-2/t2*7-,8-;/m11./s1. The number of carbonyl (C=O) groups excluding carboxylic acids is 2. The fraction of sp³-hybridized carbons (Fsp3) is 0.900. The Hall–Kier alpha value is -0.0403. The van der Waals surface area contributed by atoms with Gasteiger partial charge in [-0.3, -0.25) is 0 Å². The maximum Gasteiger partial charge on any atom is 2.00 e. The van der Waals surface area contributed by atoms with Crippen molar-refractivity contribution in [3.63, 3.8) is 0 Å². The number of carboxylic acids is 2. The van der Waals surface area contributed by atoms with Gasteiger partial charge >= 0.3 is 37.7 Å². The molecule has 4 fully saturated rings. The Morgan fingerprint density at radius 3 is 1.32 bits per heavy atom. The van der Waals surface area contributed by atoms with Gasteiger partial charge in [-0.2, -0.15) is 0 Å². The van der Waals surface area contributed by atoms with E-state index in [1.54, 1.807) is 0 Å². The SMILES string of the molecule is O=C([O-])[C@H](O)[C@H]1COC2(CCCCC2)O1.O=C([O-])[C@H](O)[C@H]1COC2(CCCCC2)O1.[Ca+2]. The molecule has 0 radical (unpaired) electrons. The Bertz CT molecular complexity index is 551. The number of rotatable bonds is 4. The molecule has 2 saturated heterocycles. The topological polar surface area (TPSA) is 158 Å². The molecule has 0 bridgehead atoms. The summed E-state index contributed by atoms with van der Waals surface area (Å²) in [5.74, 6) is -4.29. The molecule has 0 aromatic heterocycles. The van der Waals surface area contributed by atoms with Crippen LogP contribution in [0.2, 0.25) is 0 Å². The van der Waals surface area contributed by atoms with E-state index in [4.69, 9.17) is 18.9 Å². The summed E-state index contributed by atoms with van der Waals surface area (Å²) in [7, 11) is 0. The van der Waals surface area contributed by atoms with Gasteiger partial charge in [0.05, 0.1) is 25.2 Å². The van der Waals surface area contributed by atoms with Gasteiger partial charge < -0.3 is 49.0 Å². The van der Waals surface area contributed by atoms with Crippen LogP contribution in [0.5, 0.6) is 0 Å². The molecule has 2 N–H and O–H groups in total. The van der Waals surface area contributed by atoms with Crippen molar-refractivity contribution in [2.24, 2.45) is 0 Å². The first-order valence-electron chi connectivity index (χ1n) is 10.7. The summed E-state index contributed by atoms with van der Waals surface area (Å²) in [6, 6.07) is 0. The summed E-state index contributed by atoms with van der Waals surface area (Å²) < 4.78 is 22.0. The van der Waals surface area contributed by atoms with Gasteiger partial charge in [-0.05, 0) is 25.7 Å². The first kappa shape index (κ1) is 27.2. The van der Waals surface area contributed by atoms with Crippen molar-refractivity contribution in [1.29, 1.82) is 0 Å². The summed E-state index contributed by atoms with van der Waals surface area (Å²) in [6.45, 7) is 0.268. The fourth-order valence-electron chi connectivity index (χ4n) is 4.48. The summed E-state index contributed by atoms with van der Waals surface area (Å²) >= 11 is 0. The Labute approximate surface area is 211 Å². The van der Waals surface area contributed by atoms with E-state index < -0.39 is 47.9 Å². The molecule has 4 aliphatic rings. The number of carboxylic acid groups (broad SMARTS) is 2. The average Bonchev–Trinajstić information content (AvgIpc) is 3.33. The number of hydrogen-bond donors (Lipinski definition) is 2. The minimum absolute atomic E-state index is 0. The monoisotopic (exact) mass is 470 g/mol. The molecular weight excluding hydrogens is 440 g/mol. The van der Waals surface area contributed by atoms with Crippen molar-refractivity contribution >= 4 is 49.7 Å². The molecule has 2 saturated carbocycles. The maximum atomic E-state index is 10.5. The fourth-order valence-corrected chi connectivity index (χ4v) is 4.48. The van der Waals surface area contributed by atoms with Gasteiger partial charge in [0, 0.05) is 25.7 Å². The average molecular weight is 471 g/mol. The number of hydrogen-bond acceptors (Lipinski definition) is 10. The van der Waals surface area contributed by atoms with E-state index in [1.165, 1.54) is 0 Å². The van der Waals surface area contributed by atoms with Gasteiger partial charge in [-0.15, -0.1) is 0 Å². The second-order valence-electron chi connectivity index (χ2n) is 8.41. The van der Waals surface area contributed by atoms with Gasteiger partial charge in [0.15, 0.2) is 11.6 Å². The Morgan fingerprint density at radius 1 is 0.710 bits per heavy atom. The molecule has 4 atom stereocenters. The van der Waals surface area contributed by atoms with Crippen molar-refractivity contribution in [3.8, 4) is 0 Å². The predicted molar refractivity (Wildman–Crippen MR) is 101 cm³/mol. The van der Waals surface area contributed by atoms with E-state index in [9.17, 15) is 30.0 Å². The Balaban J connectivity index is 0.000000213. The number of aliphatic hydroxyl groups excluding tert-OH is 2. The third-order valence-corrected chi connectivity index (χ3v) is 6.17. The molecular formula is C20H30CaO10. The van der Waals surface area contributed by atoms with Crippen LogP contribution in [-0.4, -0.2) is 109 Å². The first-order valence-corrected chi connectivity index (χ1v) is 10.7. The van der Waals surface area contributed by atoms with Crippen LogP contribution >= 0.6 is 0 Å². The van der Waals surface area contributed by atoms with E-state index in [-0.39, 0.29) is 51.0 Å². The quantitative estimate of drug-likeness (QED) is 0.439. The molecule has 0 aromatic rings. The normalized spacial score (nSPS) is 30.6. The molecule has 0 aromatic carbocycles. The molecule has 31 heavy (non-hydrogen) atoms. The zero-order valence-corrected chi connectivity index (χ0v) is 19.9. The van der Waals surface area contributed by atoms with Crippen molar-refractivity contribution in [1.82, 2.24) is 0 Å². The van der Waals surface area contributed by atoms with Crippen LogP contribution in [0.3, 0.4) is 0 Å². The van der Waals surface area contributed by atoms with Crippen LogP contribution in [0.4, 0.5) is 0 Å². The van der Waals surface area contributed by atoms with Crippen molar-refractivity contribution in [3.05, 3.63) is 0 Å². The van der Waals surface area contributed by atoms with Crippen LogP contribution in [-0.2, 0) is 28.5 Å². The van der Waals surface area contributed by atoms with Gasteiger partial charge in [0.25, 0.3) is 0 Å². The van der Waals surface area contributed by atoms with E-state index in [1.807, 2.05) is 0 Å². The van der Waals surface area contributed by atoms with Crippen molar-refractivity contribution < 1.29 is 49.0 Å². The number of ether oxygens (including phenoxy) is 4. The van der Waals surface area contributed by atoms with Crippen LogP contribution in [0.25, 0.3) is 0 Å². The van der Waals surface area contributed by atoms with Crippen LogP contribution in [0.15, 0.2) is 0 Å². The predicted octanol–water partition coefficient (Wildman–Crippen LogP) is -2.03. The van der Waals surface area contributed by atoms with Gasteiger partial charge in [-0.25, -0.2) is 0 Å². The Morgan fingerprint density at radius 2 is 1.03 bits per heavy atom. The van der Waals surface area contributed by atoms with Gasteiger partial charge in [0.2, 0.25) is 0 Å². The second-order valence-corrected chi connectivity index (χ2v) is 8.41. The van der Waals surface area contributed by atoms with Gasteiger partial charge in [-0.1, -0.05) is 12.8 Å². The minimum atomic E-state index is -1.59. The number of aliphatic carboxylic acids is 2. The van der Waals surface area contributed by atoms with Crippen LogP contribution < -0.4 is 10.2 Å². The van der Waals surface area contributed by atoms with E-state index >= 15 is 0 Å². The molecule has 2 heterocycles. The molecule has 2 spiro atoms. The molecule has 4 rings (SSSR count). The smallest absolute Gasteiger partial charge is 0.547 e. The van der Waals surface area contributed by atoms with E-state index in [2.05, 4.69) is 0 Å². The summed E-state index contributed by atoms with van der Waals surface area (Å²) in [4.78, 5) is 20.9. The molecule has 2 aliphatic carbocycles. The summed E-state index contributed by atoms with van der Waals surface area (Å²) in [5.41, 5.74) is 0. The van der Waals surface area contributed by atoms with Crippen molar-refractivity contribution in [2.75, 3.05) is 13.2 Å².